The van der Waals surface area contributed by atoms with Crippen LogP contribution in [-0.2, 0) is 0 Å². The summed E-state index contributed by atoms with van der Waals surface area (Å²) in [5.41, 5.74) is 3.04. The van der Waals surface area contributed by atoms with Crippen molar-refractivity contribution in [1.29, 1.82) is 0 Å². The van der Waals surface area contributed by atoms with Crippen LogP contribution >= 0.6 is 15.9 Å². The maximum Gasteiger partial charge on any atom is 0.295 e. The van der Waals surface area contributed by atoms with Crippen molar-refractivity contribution in [3.8, 4) is 5.75 Å². The Balaban J connectivity index is 1.75. The minimum Gasteiger partial charge on any atom is -0.494 e. The fraction of sp³-hybridized carbons (Fsp3) is 0.154. The van der Waals surface area contributed by atoms with E-state index in [4.69, 9.17) is 9.15 Å². The van der Waals surface area contributed by atoms with E-state index in [1.165, 1.54) is 0 Å². The first-order chi connectivity index (χ1) is 15.5. The van der Waals surface area contributed by atoms with Crippen molar-refractivity contribution in [2.75, 3.05) is 11.5 Å². The molecule has 0 fully saturated rings. The molecule has 1 unspecified atom stereocenters. The molecule has 0 saturated heterocycles. The van der Waals surface area contributed by atoms with E-state index in [1.54, 1.807) is 11.0 Å². The van der Waals surface area contributed by atoms with Crippen molar-refractivity contribution >= 4 is 38.5 Å². The molecule has 0 spiro atoms. The molecule has 160 valence electrons. The molecule has 1 aliphatic rings. The van der Waals surface area contributed by atoms with Crippen LogP contribution in [-0.4, -0.2) is 12.5 Å². The summed E-state index contributed by atoms with van der Waals surface area (Å²) in [4.78, 5) is 28.8. The fourth-order valence-electron chi connectivity index (χ4n) is 4.18. The number of halogens is 1. The minimum absolute atomic E-state index is 0.0909. The Morgan fingerprint density at radius 3 is 2.41 bits per heavy atom. The number of ether oxygens (including phenoxy) is 1. The van der Waals surface area contributed by atoms with E-state index in [2.05, 4.69) is 15.9 Å². The molecule has 0 saturated carbocycles. The average molecular weight is 490 g/mol. The van der Waals surface area contributed by atoms with Crippen LogP contribution in [0.4, 0.5) is 5.69 Å². The molecule has 4 aromatic rings. The summed E-state index contributed by atoms with van der Waals surface area (Å²) in [5, 5.41) is 0.479. The summed E-state index contributed by atoms with van der Waals surface area (Å²) < 4.78 is 12.5. The first-order valence-electron chi connectivity index (χ1n) is 10.4. The van der Waals surface area contributed by atoms with Gasteiger partial charge < -0.3 is 9.15 Å². The van der Waals surface area contributed by atoms with Crippen LogP contribution in [0.25, 0.3) is 11.0 Å². The van der Waals surface area contributed by atoms with Gasteiger partial charge in [0, 0.05) is 10.2 Å². The van der Waals surface area contributed by atoms with Crippen molar-refractivity contribution < 1.29 is 13.9 Å². The van der Waals surface area contributed by atoms with Gasteiger partial charge >= 0.3 is 0 Å². The number of amides is 1. The smallest absolute Gasteiger partial charge is 0.295 e. The van der Waals surface area contributed by atoms with E-state index in [-0.39, 0.29) is 17.1 Å². The highest BCUT2D eigenvalue weighted by atomic mass is 79.9. The van der Waals surface area contributed by atoms with Crippen LogP contribution in [0.1, 0.15) is 40.2 Å². The molecule has 1 atom stereocenters. The molecular weight excluding hydrogens is 470 g/mol. The van der Waals surface area contributed by atoms with Crippen molar-refractivity contribution in [3.05, 3.63) is 104 Å². The third kappa shape index (κ3) is 3.31. The van der Waals surface area contributed by atoms with Gasteiger partial charge in [0.25, 0.3) is 5.91 Å². The highest BCUT2D eigenvalue weighted by Crippen LogP contribution is 2.41. The predicted molar refractivity (Wildman–Crippen MR) is 128 cm³/mol. The number of fused-ring (bicyclic) bond motifs is 2. The Bertz CT molecular complexity index is 1390. The molecule has 6 heteroatoms. The van der Waals surface area contributed by atoms with E-state index >= 15 is 0 Å². The number of carbonyl (C=O) groups excluding carboxylic acids is 1. The highest BCUT2D eigenvalue weighted by Gasteiger charge is 2.43. The SMILES string of the molecule is CCOc1ccc(N2C(=O)c3oc4ccc(C)cc4c(=O)c3C2c2ccc(Br)cc2)cc1. The molecule has 0 bridgehead atoms. The van der Waals surface area contributed by atoms with Crippen molar-refractivity contribution in [2.45, 2.75) is 19.9 Å². The molecule has 32 heavy (non-hydrogen) atoms. The van der Waals surface area contributed by atoms with Crippen LogP contribution in [0, 0.1) is 6.92 Å². The van der Waals surface area contributed by atoms with Crippen LogP contribution in [0.2, 0.25) is 0 Å². The number of nitrogens with zero attached hydrogens (tertiary/aromatic N) is 1. The second kappa shape index (κ2) is 7.95. The van der Waals surface area contributed by atoms with Crippen LogP contribution in [0.3, 0.4) is 0 Å². The first-order valence-corrected chi connectivity index (χ1v) is 11.2. The molecule has 5 nitrogen and oxygen atoms in total. The van der Waals surface area contributed by atoms with Crippen molar-refractivity contribution in [2.24, 2.45) is 0 Å². The Morgan fingerprint density at radius 2 is 1.72 bits per heavy atom. The Kier molecular flexibility index (Phi) is 5.10. The second-order valence-corrected chi connectivity index (χ2v) is 8.65. The molecular formula is C26H20BrNO4. The second-order valence-electron chi connectivity index (χ2n) is 7.73. The summed E-state index contributed by atoms with van der Waals surface area (Å²) in [7, 11) is 0. The number of hydrogen-bond acceptors (Lipinski definition) is 4. The van der Waals surface area contributed by atoms with E-state index in [1.807, 2.05) is 74.5 Å². The Hall–Kier alpha value is -3.38. The molecule has 1 aliphatic heterocycles. The van der Waals surface area contributed by atoms with Crippen molar-refractivity contribution in [3.63, 3.8) is 0 Å². The lowest BCUT2D eigenvalue weighted by atomic mass is 9.98. The maximum atomic E-state index is 13.6. The lowest BCUT2D eigenvalue weighted by Gasteiger charge is -2.25. The van der Waals surface area contributed by atoms with E-state index in [0.29, 0.717) is 28.8 Å². The number of carbonyl (C=O) groups is 1. The van der Waals surface area contributed by atoms with Gasteiger partial charge in [-0.05, 0) is 67.9 Å². The van der Waals surface area contributed by atoms with Gasteiger partial charge in [0.15, 0.2) is 5.43 Å². The molecule has 2 heterocycles. The predicted octanol–water partition coefficient (Wildman–Crippen LogP) is 6.01. The monoisotopic (exact) mass is 489 g/mol. The normalized spacial score (nSPS) is 15.3. The lowest BCUT2D eigenvalue weighted by Crippen LogP contribution is -2.29. The van der Waals surface area contributed by atoms with Gasteiger partial charge in [-0.1, -0.05) is 39.7 Å². The number of benzene rings is 3. The van der Waals surface area contributed by atoms with Gasteiger partial charge in [-0.3, -0.25) is 14.5 Å². The van der Waals surface area contributed by atoms with Crippen molar-refractivity contribution in [1.82, 2.24) is 0 Å². The first kappa shape index (κ1) is 20.5. The fourth-order valence-corrected chi connectivity index (χ4v) is 4.45. The number of rotatable bonds is 4. The molecule has 0 aliphatic carbocycles. The number of aryl methyl sites for hydroxylation is 1. The lowest BCUT2D eigenvalue weighted by molar-refractivity contribution is 0.0971. The van der Waals surface area contributed by atoms with Gasteiger partial charge in [0.1, 0.15) is 11.3 Å². The van der Waals surface area contributed by atoms with Gasteiger partial charge in [-0.25, -0.2) is 0 Å². The zero-order valence-electron chi connectivity index (χ0n) is 17.6. The Morgan fingerprint density at radius 1 is 1.00 bits per heavy atom. The van der Waals surface area contributed by atoms with Gasteiger partial charge in [0.05, 0.1) is 23.6 Å². The average Bonchev–Trinajstić information content (AvgIpc) is 3.08. The zero-order valence-corrected chi connectivity index (χ0v) is 19.2. The molecule has 0 radical (unpaired) electrons. The van der Waals surface area contributed by atoms with E-state index < -0.39 is 6.04 Å². The molecule has 1 aromatic heterocycles. The molecule has 5 rings (SSSR count). The minimum atomic E-state index is -0.593. The van der Waals surface area contributed by atoms with Gasteiger partial charge in [-0.2, -0.15) is 0 Å². The topological polar surface area (TPSA) is 59.8 Å². The summed E-state index contributed by atoms with van der Waals surface area (Å²) in [5.74, 6) is 0.473. The maximum absolute atomic E-state index is 13.6. The summed E-state index contributed by atoms with van der Waals surface area (Å²) in [6, 6.07) is 19.8. The van der Waals surface area contributed by atoms with Crippen LogP contribution in [0.15, 0.2) is 80.4 Å². The van der Waals surface area contributed by atoms with E-state index in [9.17, 15) is 9.59 Å². The summed E-state index contributed by atoms with van der Waals surface area (Å²) in [6.45, 7) is 4.40. The summed E-state index contributed by atoms with van der Waals surface area (Å²) in [6.07, 6.45) is 0. The molecule has 0 N–H and O–H groups in total. The third-order valence-corrected chi connectivity index (χ3v) is 6.17. The zero-order chi connectivity index (χ0) is 22.4. The van der Waals surface area contributed by atoms with E-state index in [0.717, 1.165) is 21.3 Å². The molecule has 3 aromatic carbocycles. The third-order valence-electron chi connectivity index (χ3n) is 5.64. The quantitative estimate of drug-likeness (QED) is 0.352. The largest absolute Gasteiger partial charge is 0.494 e. The number of hydrogen-bond donors (Lipinski definition) is 0. The van der Waals surface area contributed by atoms with Crippen LogP contribution in [0.5, 0.6) is 5.75 Å². The number of anilines is 1. The summed E-state index contributed by atoms with van der Waals surface area (Å²) >= 11 is 3.46. The van der Waals surface area contributed by atoms with Gasteiger partial charge in [0.2, 0.25) is 5.76 Å². The highest BCUT2D eigenvalue weighted by molar-refractivity contribution is 9.10. The Labute approximate surface area is 193 Å². The van der Waals surface area contributed by atoms with Crippen LogP contribution < -0.4 is 15.1 Å². The van der Waals surface area contributed by atoms with Gasteiger partial charge in [-0.15, -0.1) is 0 Å². The molecule has 1 amide bonds. The standard InChI is InChI=1S/C26H20BrNO4/c1-3-31-19-11-9-18(10-12-19)28-23(16-5-7-17(27)8-6-16)22-24(29)20-14-15(2)4-13-21(20)32-25(22)26(28)30/h4-14,23H,3H2,1-2H3.